The quantitative estimate of drug-likeness (QED) is 0.819. The zero-order chi connectivity index (χ0) is 15.8. The van der Waals surface area contributed by atoms with Gasteiger partial charge in [0.15, 0.2) is 9.84 Å². The molecule has 7 heteroatoms. The van der Waals surface area contributed by atoms with Crippen molar-refractivity contribution >= 4 is 15.8 Å². The molecule has 1 fully saturated rings. The summed E-state index contributed by atoms with van der Waals surface area (Å²) in [4.78, 5) is 12.1. The zero-order valence-electron chi connectivity index (χ0n) is 11.9. The fraction of sp³-hybridized carbons (Fsp3) is 0.500. The first-order chi connectivity index (χ1) is 9.79. The Balaban J connectivity index is 2.42. The molecule has 0 bridgehead atoms. The van der Waals surface area contributed by atoms with Gasteiger partial charge in [0.05, 0.1) is 11.9 Å². The number of carbonyl (C=O) groups excluding carboxylic acids is 1. The first-order valence-corrected chi connectivity index (χ1v) is 8.43. The highest BCUT2D eigenvalue weighted by atomic mass is 32.2. The number of benzene rings is 1. The van der Waals surface area contributed by atoms with E-state index < -0.39 is 38.3 Å². The molecule has 0 aromatic heterocycles. The lowest BCUT2D eigenvalue weighted by molar-refractivity contribution is -0.145. The van der Waals surface area contributed by atoms with Gasteiger partial charge < -0.3 is 10.5 Å². The highest BCUT2D eigenvalue weighted by molar-refractivity contribution is 7.92. The summed E-state index contributed by atoms with van der Waals surface area (Å²) in [7, 11) is -3.52. The molecule has 0 amide bonds. The van der Waals surface area contributed by atoms with E-state index in [2.05, 4.69) is 0 Å². The summed E-state index contributed by atoms with van der Waals surface area (Å²) in [6.07, 6.45) is 0. The largest absolute Gasteiger partial charge is 0.465 e. The average Bonchev–Trinajstić information content (AvgIpc) is 3.09. The van der Waals surface area contributed by atoms with E-state index in [0.717, 1.165) is 0 Å². The van der Waals surface area contributed by atoms with Gasteiger partial charge in [0, 0.05) is 11.7 Å². The van der Waals surface area contributed by atoms with E-state index in [1.807, 2.05) is 0 Å². The summed E-state index contributed by atoms with van der Waals surface area (Å²) in [6.45, 7) is 3.24. The van der Waals surface area contributed by atoms with Gasteiger partial charge in [0.1, 0.15) is 11.4 Å². The minimum atomic E-state index is -3.52. The molecule has 1 saturated carbocycles. The third kappa shape index (κ3) is 2.55. The smallest absolute Gasteiger partial charge is 0.328 e. The number of hydrogen-bond acceptors (Lipinski definition) is 5. The Hall–Kier alpha value is -1.47. The molecule has 1 aromatic rings. The van der Waals surface area contributed by atoms with Gasteiger partial charge in [-0.1, -0.05) is 19.1 Å². The molecule has 116 valence electrons. The molecule has 21 heavy (non-hydrogen) atoms. The van der Waals surface area contributed by atoms with Gasteiger partial charge in [-0.3, -0.25) is 0 Å². The maximum atomic E-state index is 13.0. The van der Waals surface area contributed by atoms with Crippen LogP contribution in [0.25, 0.3) is 0 Å². The summed E-state index contributed by atoms with van der Waals surface area (Å²) in [6, 6.07) is 5.34. The Labute approximate surface area is 123 Å². The van der Waals surface area contributed by atoms with Crippen LogP contribution in [0.3, 0.4) is 0 Å². The predicted molar refractivity (Wildman–Crippen MR) is 75.9 cm³/mol. The third-order valence-corrected chi connectivity index (χ3v) is 6.07. The van der Waals surface area contributed by atoms with E-state index in [4.69, 9.17) is 10.5 Å². The van der Waals surface area contributed by atoms with E-state index in [1.165, 1.54) is 31.2 Å². The number of hydrogen-bond donors (Lipinski definition) is 1. The first kappa shape index (κ1) is 15.9. The Morgan fingerprint density at radius 1 is 1.33 bits per heavy atom. The lowest BCUT2D eigenvalue weighted by atomic mass is 10.1. The second-order valence-electron chi connectivity index (χ2n) is 5.05. The van der Waals surface area contributed by atoms with Crippen molar-refractivity contribution in [2.45, 2.75) is 30.6 Å². The lowest BCUT2D eigenvalue weighted by Gasteiger charge is -2.10. The molecule has 0 saturated heterocycles. The maximum absolute atomic E-state index is 13.0. The molecule has 0 radical (unpaired) electrons. The molecular weight excluding hydrogens is 297 g/mol. The Kier molecular flexibility index (Phi) is 4.08. The first-order valence-electron chi connectivity index (χ1n) is 6.72. The number of rotatable bonds is 5. The predicted octanol–water partition coefficient (Wildman–Crippen LogP) is 0.987. The Morgan fingerprint density at radius 3 is 2.38 bits per heavy atom. The topological polar surface area (TPSA) is 86.5 Å². The van der Waals surface area contributed by atoms with Gasteiger partial charge in [-0.2, -0.15) is 0 Å². The fourth-order valence-corrected chi connectivity index (χ4v) is 4.59. The number of esters is 1. The van der Waals surface area contributed by atoms with Crippen LogP contribution in [0.4, 0.5) is 4.39 Å². The van der Waals surface area contributed by atoms with Crippen LogP contribution in [0.1, 0.15) is 25.3 Å². The van der Waals surface area contributed by atoms with Crippen LogP contribution in [0.15, 0.2) is 24.3 Å². The van der Waals surface area contributed by atoms with E-state index >= 15 is 0 Å². The number of sulfone groups is 1. The molecule has 2 N–H and O–H groups in total. The fourth-order valence-electron chi connectivity index (χ4n) is 2.68. The standard InChI is InChI=1S/C14H18FNO4S/c1-3-20-13(17)14(16)11(12(14)21(18,19)4-2)9-5-7-10(15)8-6-9/h5-8,11-12H,3-4,16H2,1-2H3/t11-,12-,14+/m0/s1. The monoisotopic (exact) mass is 315 g/mol. The van der Waals surface area contributed by atoms with Crippen LogP contribution in [0.2, 0.25) is 0 Å². The van der Waals surface area contributed by atoms with Crippen LogP contribution in [-0.2, 0) is 19.4 Å². The minimum absolute atomic E-state index is 0.117. The molecular formula is C14H18FNO4S. The van der Waals surface area contributed by atoms with Gasteiger partial charge in [-0.25, -0.2) is 17.6 Å². The molecule has 1 aromatic carbocycles. The van der Waals surface area contributed by atoms with Crippen LogP contribution in [0.5, 0.6) is 0 Å². The Morgan fingerprint density at radius 2 is 1.90 bits per heavy atom. The molecule has 5 nitrogen and oxygen atoms in total. The lowest BCUT2D eigenvalue weighted by Crippen LogP contribution is -2.41. The van der Waals surface area contributed by atoms with Crippen LogP contribution < -0.4 is 5.73 Å². The van der Waals surface area contributed by atoms with Gasteiger partial charge >= 0.3 is 5.97 Å². The molecule has 0 spiro atoms. The second-order valence-corrected chi connectivity index (χ2v) is 7.47. The number of carbonyl (C=O) groups is 1. The normalized spacial score (nSPS) is 28.2. The van der Waals surface area contributed by atoms with Crippen LogP contribution in [-0.4, -0.2) is 37.5 Å². The minimum Gasteiger partial charge on any atom is -0.465 e. The van der Waals surface area contributed by atoms with Crippen molar-refractivity contribution in [1.29, 1.82) is 0 Å². The molecule has 2 rings (SSSR count). The highest BCUT2D eigenvalue weighted by Crippen LogP contribution is 2.55. The molecule has 1 aliphatic rings. The summed E-state index contributed by atoms with van der Waals surface area (Å²) < 4.78 is 42.3. The molecule has 0 unspecified atom stereocenters. The maximum Gasteiger partial charge on any atom is 0.328 e. The van der Waals surface area contributed by atoms with E-state index in [9.17, 15) is 17.6 Å². The van der Waals surface area contributed by atoms with Crippen molar-refractivity contribution < 1.29 is 22.3 Å². The number of nitrogens with two attached hydrogens (primary N) is 1. The molecule has 0 aliphatic heterocycles. The third-order valence-electron chi connectivity index (χ3n) is 3.83. The van der Waals surface area contributed by atoms with Crippen molar-refractivity contribution in [2.75, 3.05) is 12.4 Å². The van der Waals surface area contributed by atoms with E-state index in [0.29, 0.717) is 5.56 Å². The van der Waals surface area contributed by atoms with Crippen molar-refractivity contribution in [3.05, 3.63) is 35.6 Å². The molecule has 3 atom stereocenters. The molecule has 1 aliphatic carbocycles. The van der Waals surface area contributed by atoms with Crippen molar-refractivity contribution in [2.24, 2.45) is 5.73 Å². The van der Waals surface area contributed by atoms with Gasteiger partial charge in [0.2, 0.25) is 0 Å². The number of halogens is 1. The SMILES string of the molecule is CCOC(=O)[C@@]1(N)[C@@H](c2ccc(F)cc2)[C@@H]1S(=O)(=O)CC. The molecule has 0 heterocycles. The average molecular weight is 315 g/mol. The van der Waals surface area contributed by atoms with Gasteiger partial charge in [-0.05, 0) is 24.6 Å². The van der Waals surface area contributed by atoms with Crippen molar-refractivity contribution in [1.82, 2.24) is 0 Å². The zero-order valence-corrected chi connectivity index (χ0v) is 12.7. The summed E-state index contributed by atoms with van der Waals surface area (Å²) >= 11 is 0. The number of ether oxygens (including phenoxy) is 1. The summed E-state index contributed by atoms with van der Waals surface area (Å²) in [5, 5.41) is -1.03. The highest BCUT2D eigenvalue weighted by Gasteiger charge is 2.74. The van der Waals surface area contributed by atoms with E-state index in [-0.39, 0.29) is 12.4 Å². The second kappa shape index (κ2) is 5.38. The van der Waals surface area contributed by atoms with Gasteiger partial charge in [-0.15, -0.1) is 0 Å². The van der Waals surface area contributed by atoms with Crippen molar-refractivity contribution in [3.8, 4) is 0 Å². The summed E-state index contributed by atoms with van der Waals surface area (Å²) in [5.41, 5.74) is 4.98. The van der Waals surface area contributed by atoms with Crippen LogP contribution in [0, 0.1) is 5.82 Å². The Bertz CT molecular complexity index is 643. The van der Waals surface area contributed by atoms with Gasteiger partial charge in [0.25, 0.3) is 0 Å². The van der Waals surface area contributed by atoms with Crippen LogP contribution >= 0.6 is 0 Å². The summed E-state index contributed by atoms with van der Waals surface area (Å²) in [5.74, 6) is -2.00. The van der Waals surface area contributed by atoms with E-state index in [1.54, 1.807) is 6.92 Å². The van der Waals surface area contributed by atoms with Crippen molar-refractivity contribution in [3.63, 3.8) is 0 Å².